The highest BCUT2D eigenvalue weighted by molar-refractivity contribution is 6.13. The summed E-state index contributed by atoms with van der Waals surface area (Å²) in [5.41, 5.74) is 1.91. The van der Waals surface area contributed by atoms with Gasteiger partial charge in [0.25, 0.3) is 5.91 Å². The molecule has 2 heterocycles. The van der Waals surface area contributed by atoms with Crippen molar-refractivity contribution >= 4 is 23.9 Å². The van der Waals surface area contributed by atoms with Crippen molar-refractivity contribution < 1.29 is 37.8 Å². The van der Waals surface area contributed by atoms with Crippen LogP contribution in [0.25, 0.3) is 6.08 Å². The molecular weight excluding hydrogens is 380 g/mol. The number of unbranched alkanes of at least 4 members (excludes halogenated alkanes) is 2. The molecule has 11 heteroatoms. The summed E-state index contributed by atoms with van der Waals surface area (Å²) < 4.78 is 34.8. The smallest absolute Gasteiger partial charge is 0.395 e. The molecule has 1 aromatic carbocycles. The number of carbonyl (C=O) groups is 3. The number of imide groups is 1. The topological polar surface area (TPSA) is 117 Å². The first-order chi connectivity index (χ1) is 13.3. The summed E-state index contributed by atoms with van der Waals surface area (Å²) in [4.78, 5) is 36.3. The average Bonchev–Trinajstić information content (AvgIpc) is 3.09. The van der Waals surface area contributed by atoms with Crippen molar-refractivity contribution in [1.29, 1.82) is 0 Å². The normalized spacial score (nSPS) is 18.5. The molecule has 0 aliphatic carbocycles. The fourth-order valence-corrected chi connectivity index (χ4v) is 2.78. The van der Waals surface area contributed by atoms with Crippen molar-refractivity contribution in [2.24, 2.45) is 0 Å². The van der Waals surface area contributed by atoms with Gasteiger partial charge < -0.3 is 14.8 Å². The predicted molar refractivity (Wildman–Crippen MR) is 89.3 cm³/mol. The Bertz CT molecular complexity index is 842. The highest BCUT2D eigenvalue weighted by Gasteiger charge is 2.43. The largest absolute Gasteiger partial charge is 0.586 e. The molecule has 0 unspecified atom stereocenters. The van der Waals surface area contributed by atoms with E-state index in [0.29, 0.717) is 24.8 Å². The zero-order valence-corrected chi connectivity index (χ0v) is 14.5. The fraction of sp³-hybridized carbons (Fsp3) is 0.353. The van der Waals surface area contributed by atoms with E-state index in [-0.39, 0.29) is 30.2 Å². The van der Waals surface area contributed by atoms with Crippen molar-refractivity contribution in [3.8, 4) is 11.5 Å². The second-order valence-electron chi connectivity index (χ2n) is 6.16. The first-order valence-electron chi connectivity index (χ1n) is 8.46. The van der Waals surface area contributed by atoms with E-state index in [9.17, 15) is 23.2 Å². The van der Waals surface area contributed by atoms with Crippen molar-refractivity contribution in [1.82, 2.24) is 15.7 Å². The Morgan fingerprint density at radius 1 is 1.21 bits per heavy atom. The number of hydroxylamine groups is 1. The van der Waals surface area contributed by atoms with Gasteiger partial charge in [0.05, 0.1) is 0 Å². The molecule has 1 fully saturated rings. The van der Waals surface area contributed by atoms with E-state index in [1.165, 1.54) is 29.8 Å². The summed E-state index contributed by atoms with van der Waals surface area (Å²) in [5.74, 6) is -1.33. The number of hydrogen-bond acceptors (Lipinski definition) is 6. The van der Waals surface area contributed by atoms with E-state index >= 15 is 0 Å². The van der Waals surface area contributed by atoms with E-state index in [1.807, 2.05) is 0 Å². The summed E-state index contributed by atoms with van der Waals surface area (Å²) >= 11 is 0. The second kappa shape index (κ2) is 7.80. The summed E-state index contributed by atoms with van der Waals surface area (Å²) in [6.45, 7) is 0.163. The molecule has 0 saturated carbocycles. The molecule has 2 aliphatic rings. The highest BCUT2D eigenvalue weighted by Crippen LogP contribution is 2.41. The third-order valence-electron chi connectivity index (χ3n) is 4.11. The highest BCUT2D eigenvalue weighted by atomic mass is 19.3. The van der Waals surface area contributed by atoms with Gasteiger partial charge in [0.1, 0.15) is 5.70 Å². The summed E-state index contributed by atoms with van der Waals surface area (Å²) in [6.07, 6.45) is -0.665. The lowest BCUT2D eigenvalue weighted by Crippen LogP contribution is -2.31. The standard InChI is InChI=1S/C17H17F2N3O6/c18-17(19)27-12-6-5-10(9-13(12)28-17)8-11-15(24)22(16(25)20-11)7-3-1-2-4-14(23)21-26/h5-6,8-9,26H,1-4,7H2,(H,20,25)(H,21,23)/b11-8-. The minimum Gasteiger partial charge on any atom is -0.395 e. The van der Waals surface area contributed by atoms with E-state index in [4.69, 9.17) is 5.21 Å². The molecule has 4 amide bonds. The number of amides is 4. The van der Waals surface area contributed by atoms with Gasteiger partial charge in [0, 0.05) is 13.0 Å². The van der Waals surface area contributed by atoms with Gasteiger partial charge in [-0.3, -0.25) is 19.7 Å². The number of fused-ring (bicyclic) bond motifs is 1. The number of alkyl halides is 2. The maximum Gasteiger partial charge on any atom is 0.586 e. The number of carbonyl (C=O) groups excluding carboxylic acids is 3. The molecular formula is C17H17F2N3O6. The summed E-state index contributed by atoms with van der Waals surface area (Å²) in [7, 11) is 0. The van der Waals surface area contributed by atoms with Crippen LogP contribution >= 0.6 is 0 Å². The summed E-state index contributed by atoms with van der Waals surface area (Å²) in [5, 5.41) is 10.8. The van der Waals surface area contributed by atoms with E-state index in [1.54, 1.807) is 0 Å². The molecule has 0 radical (unpaired) electrons. The second-order valence-corrected chi connectivity index (χ2v) is 6.16. The van der Waals surface area contributed by atoms with Crippen LogP contribution in [0.3, 0.4) is 0 Å². The van der Waals surface area contributed by atoms with Crippen molar-refractivity contribution in [2.75, 3.05) is 6.54 Å². The number of urea groups is 1. The average molecular weight is 397 g/mol. The molecule has 0 aromatic heterocycles. The molecule has 1 saturated heterocycles. The third-order valence-corrected chi connectivity index (χ3v) is 4.11. The van der Waals surface area contributed by atoms with Crippen LogP contribution in [0.1, 0.15) is 31.2 Å². The molecule has 150 valence electrons. The lowest BCUT2D eigenvalue weighted by molar-refractivity contribution is -0.286. The molecule has 28 heavy (non-hydrogen) atoms. The van der Waals surface area contributed by atoms with Gasteiger partial charge in [-0.1, -0.05) is 12.5 Å². The van der Waals surface area contributed by atoms with Crippen LogP contribution in [0, 0.1) is 0 Å². The van der Waals surface area contributed by atoms with Crippen LogP contribution in [0.5, 0.6) is 11.5 Å². The number of ether oxygens (including phenoxy) is 2. The number of hydrogen-bond donors (Lipinski definition) is 3. The van der Waals surface area contributed by atoms with Gasteiger partial charge in [-0.2, -0.15) is 0 Å². The molecule has 0 spiro atoms. The van der Waals surface area contributed by atoms with E-state index in [0.717, 1.165) is 4.90 Å². The lowest BCUT2D eigenvalue weighted by Gasteiger charge is -2.11. The predicted octanol–water partition coefficient (Wildman–Crippen LogP) is 1.97. The minimum absolute atomic E-state index is 0.00952. The number of halogens is 2. The molecule has 3 rings (SSSR count). The van der Waals surface area contributed by atoms with Gasteiger partial charge in [-0.15, -0.1) is 8.78 Å². The molecule has 1 aromatic rings. The number of nitrogens with one attached hydrogen (secondary N) is 2. The van der Waals surface area contributed by atoms with Crippen molar-refractivity contribution in [3.63, 3.8) is 0 Å². The first-order valence-corrected chi connectivity index (χ1v) is 8.46. The third kappa shape index (κ3) is 4.36. The van der Waals surface area contributed by atoms with Gasteiger partial charge in [-0.05, 0) is 36.6 Å². The van der Waals surface area contributed by atoms with Crippen LogP contribution in [0.2, 0.25) is 0 Å². The van der Waals surface area contributed by atoms with Crippen molar-refractivity contribution in [2.45, 2.75) is 32.0 Å². The molecule has 9 nitrogen and oxygen atoms in total. The Balaban J connectivity index is 1.58. The number of nitrogens with zero attached hydrogens (tertiary/aromatic N) is 1. The Hall–Kier alpha value is -3.21. The molecule has 0 bridgehead atoms. The van der Waals surface area contributed by atoms with Crippen LogP contribution in [0.4, 0.5) is 13.6 Å². The van der Waals surface area contributed by atoms with Gasteiger partial charge in [-0.25, -0.2) is 10.3 Å². The van der Waals surface area contributed by atoms with Crippen LogP contribution in [-0.2, 0) is 9.59 Å². The maximum absolute atomic E-state index is 13.1. The van der Waals surface area contributed by atoms with Crippen molar-refractivity contribution in [3.05, 3.63) is 29.5 Å². The number of benzene rings is 1. The quantitative estimate of drug-likeness (QED) is 0.213. The van der Waals surface area contributed by atoms with Gasteiger partial charge in [0.2, 0.25) is 5.91 Å². The van der Waals surface area contributed by atoms with E-state index in [2.05, 4.69) is 14.8 Å². The Morgan fingerprint density at radius 3 is 2.71 bits per heavy atom. The summed E-state index contributed by atoms with van der Waals surface area (Å²) in [6, 6.07) is 3.42. The Labute approximate surface area is 157 Å². The zero-order chi connectivity index (χ0) is 20.3. The maximum atomic E-state index is 13.1. The van der Waals surface area contributed by atoms with Crippen LogP contribution < -0.4 is 20.3 Å². The van der Waals surface area contributed by atoms with Gasteiger partial charge >= 0.3 is 12.3 Å². The molecule has 3 N–H and O–H groups in total. The first kappa shape index (κ1) is 19.5. The van der Waals surface area contributed by atoms with E-state index < -0.39 is 24.1 Å². The minimum atomic E-state index is -3.74. The lowest BCUT2D eigenvalue weighted by atomic mass is 10.1. The zero-order valence-electron chi connectivity index (χ0n) is 14.5. The Kier molecular flexibility index (Phi) is 5.45. The van der Waals surface area contributed by atoms with Gasteiger partial charge in [0.15, 0.2) is 11.5 Å². The van der Waals surface area contributed by atoms with Crippen LogP contribution in [0.15, 0.2) is 23.9 Å². The number of rotatable bonds is 7. The SMILES string of the molecule is O=C(CCCCCN1C(=O)N/C(=C\c2ccc3c(c2)OC(F)(F)O3)C1=O)NO. The Morgan fingerprint density at radius 2 is 1.96 bits per heavy atom. The monoisotopic (exact) mass is 397 g/mol. The van der Waals surface area contributed by atoms with Crippen LogP contribution in [-0.4, -0.2) is 40.8 Å². The molecule has 0 atom stereocenters. The fourth-order valence-electron chi connectivity index (χ4n) is 2.78. The molecule has 2 aliphatic heterocycles.